The summed E-state index contributed by atoms with van der Waals surface area (Å²) in [4.78, 5) is 23.9. The van der Waals surface area contributed by atoms with Crippen molar-refractivity contribution in [1.29, 1.82) is 0 Å². The quantitative estimate of drug-likeness (QED) is 0.810. The molecule has 2 N–H and O–H groups in total. The maximum absolute atomic E-state index is 12.2. The number of fused-ring (bicyclic) bond motifs is 1. The molecule has 1 amide bonds. The number of para-hydroxylation sites is 1. The molecule has 1 saturated heterocycles. The van der Waals surface area contributed by atoms with Crippen molar-refractivity contribution in [2.24, 2.45) is 0 Å². The molecule has 1 aliphatic rings. The van der Waals surface area contributed by atoms with Crippen molar-refractivity contribution in [3.8, 4) is 0 Å². The normalized spacial score (nSPS) is 19.4. The van der Waals surface area contributed by atoms with E-state index in [4.69, 9.17) is 4.74 Å². The van der Waals surface area contributed by atoms with Gasteiger partial charge in [-0.2, -0.15) is 5.10 Å². The number of aromatic amines is 1. The van der Waals surface area contributed by atoms with Gasteiger partial charge < -0.3 is 10.1 Å². The van der Waals surface area contributed by atoms with Gasteiger partial charge >= 0.3 is 5.97 Å². The molecule has 0 bridgehead atoms. The van der Waals surface area contributed by atoms with Crippen LogP contribution in [-0.4, -0.2) is 34.7 Å². The van der Waals surface area contributed by atoms with Crippen molar-refractivity contribution in [3.63, 3.8) is 0 Å². The summed E-state index contributed by atoms with van der Waals surface area (Å²) in [5.41, 5.74) is 0.988. The Morgan fingerprint density at radius 3 is 3.05 bits per heavy atom. The summed E-state index contributed by atoms with van der Waals surface area (Å²) in [6, 6.07) is 7.31. The SMILES string of the molecule is O=C(O[C@H]1CCCCNC1=O)c1n[nH]c2ccccc12. The minimum Gasteiger partial charge on any atom is -0.447 e. The Kier molecular flexibility index (Phi) is 3.37. The van der Waals surface area contributed by atoms with Crippen molar-refractivity contribution in [2.75, 3.05) is 6.54 Å². The minimum absolute atomic E-state index is 0.220. The third-order valence-electron chi connectivity index (χ3n) is 3.40. The molecule has 6 nitrogen and oxygen atoms in total. The molecule has 0 spiro atoms. The monoisotopic (exact) mass is 273 g/mol. The van der Waals surface area contributed by atoms with Crippen LogP contribution in [0.25, 0.3) is 10.9 Å². The zero-order valence-corrected chi connectivity index (χ0v) is 10.9. The van der Waals surface area contributed by atoms with Crippen LogP contribution < -0.4 is 5.32 Å². The largest absolute Gasteiger partial charge is 0.447 e. The molecule has 2 aromatic rings. The molecule has 1 aliphatic heterocycles. The van der Waals surface area contributed by atoms with E-state index in [-0.39, 0.29) is 11.6 Å². The molecule has 20 heavy (non-hydrogen) atoms. The summed E-state index contributed by atoms with van der Waals surface area (Å²) in [5, 5.41) is 10.2. The second kappa shape index (κ2) is 5.32. The minimum atomic E-state index is -0.722. The summed E-state index contributed by atoms with van der Waals surface area (Å²) < 4.78 is 5.30. The van der Waals surface area contributed by atoms with Gasteiger partial charge in [-0.3, -0.25) is 9.89 Å². The predicted molar refractivity (Wildman–Crippen MR) is 72.2 cm³/mol. The van der Waals surface area contributed by atoms with E-state index in [0.29, 0.717) is 18.4 Å². The fourth-order valence-electron chi connectivity index (χ4n) is 2.33. The zero-order valence-electron chi connectivity index (χ0n) is 10.9. The second-order valence-corrected chi connectivity index (χ2v) is 4.80. The van der Waals surface area contributed by atoms with Crippen LogP contribution in [0.15, 0.2) is 24.3 Å². The van der Waals surface area contributed by atoms with E-state index in [9.17, 15) is 9.59 Å². The maximum Gasteiger partial charge on any atom is 0.360 e. The number of rotatable bonds is 2. The molecule has 1 aromatic carbocycles. The van der Waals surface area contributed by atoms with Gasteiger partial charge in [-0.1, -0.05) is 18.2 Å². The van der Waals surface area contributed by atoms with Crippen LogP contribution in [0.5, 0.6) is 0 Å². The molecule has 1 aromatic heterocycles. The molecule has 1 fully saturated rings. The van der Waals surface area contributed by atoms with Gasteiger partial charge in [-0.25, -0.2) is 4.79 Å². The smallest absolute Gasteiger partial charge is 0.360 e. The zero-order chi connectivity index (χ0) is 13.9. The highest BCUT2D eigenvalue weighted by molar-refractivity contribution is 6.02. The van der Waals surface area contributed by atoms with Crippen LogP contribution in [-0.2, 0) is 9.53 Å². The predicted octanol–water partition coefficient (Wildman–Crippen LogP) is 1.39. The summed E-state index contributed by atoms with van der Waals surface area (Å²) in [6.07, 6.45) is 1.60. The lowest BCUT2D eigenvalue weighted by molar-refractivity contribution is -0.129. The van der Waals surface area contributed by atoms with E-state index in [2.05, 4.69) is 15.5 Å². The highest BCUT2D eigenvalue weighted by Gasteiger charge is 2.26. The van der Waals surface area contributed by atoms with Gasteiger partial charge in [0.1, 0.15) is 0 Å². The van der Waals surface area contributed by atoms with Crippen LogP contribution in [0.4, 0.5) is 0 Å². The lowest BCUT2D eigenvalue weighted by Crippen LogP contribution is -2.36. The molecular weight excluding hydrogens is 258 g/mol. The van der Waals surface area contributed by atoms with E-state index < -0.39 is 12.1 Å². The Morgan fingerprint density at radius 2 is 2.15 bits per heavy atom. The van der Waals surface area contributed by atoms with Crippen LogP contribution in [0, 0.1) is 0 Å². The average molecular weight is 273 g/mol. The van der Waals surface area contributed by atoms with Gasteiger partial charge in [0.05, 0.1) is 5.52 Å². The number of ether oxygens (including phenoxy) is 1. The van der Waals surface area contributed by atoms with Crippen molar-refractivity contribution < 1.29 is 14.3 Å². The summed E-state index contributed by atoms with van der Waals surface area (Å²) in [5.74, 6) is -0.791. The Hall–Kier alpha value is -2.37. The molecular formula is C14H15N3O3. The highest BCUT2D eigenvalue weighted by Crippen LogP contribution is 2.18. The molecule has 1 atom stereocenters. The fraction of sp³-hybridized carbons (Fsp3) is 0.357. The lowest BCUT2D eigenvalue weighted by atomic mass is 10.1. The van der Waals surface area contributed by atoms with Crippen LogP contribution in [0.1, 0.15) is 29.8 Å². The van der Waals surface area contributed by atoms with Crippen LogP contribution >= 0.6 is 0 Å². The Labute approximate surface area is 115 Å². The van der Waals surface area contributed by atoms with E-state index in [1.807, 2.05) is 18.2 Å². The summed E-state index contributed by atoms with van der Waals surface area (Å²) in [7, 11) is 0. The van der Waals surface area contributed by atoms with E-state index >= 15 is 0 Å². The Morgan fingerprint density at radius 1 is 1.30 bits per heavy atom. The third kappa shape index (κ3) is 2.36. The second-order valence-electron chi connectivity index (χ2n) is 4.80. The molecule has 0 radical (unpaired) electrons. The number of nitrogens with zero attached hydrogens (tertiary/aromatic N) is 1. The first-order valence-electron chi connectivity index (χ1n) is 6.67. The molecule has 3 rings (SSSR count). The van der Waals surface area contributed by atoms with Crippen LogP contribution in [0.3, 0.4) is 0 Å². The first kappa shape index (κ1) is 12.7. The first-order valence-corrected chi connectivity index (χ1v) is 6.67. The number of benzene rings is 1. The van der Waals surface area contributed by atoms with Crippen molar-refractivity contribution in [2.45, 2.75) is 25.4 Å². The number of amides is 1. The molecule has 0 saturated carbocycles. The van der Waals surface area contributed by atoms with Gasteiger partial charge in [0.15, 0.2) is 11.8 Å². The maximum atomic E-state index is 12.2. The summed E-state index contributed by atoms with van der Waals surface area (Å²) in [6.45, 7) is 0.637. The third-order valence-corrected chi connectivity index (χ3v) is 3.40. The molecule has 104 valence electrons. The van der Waals surface area contributed by atoms with Crippen molar-refractivity contribution in [3.05, 3.63) is 30.0 Å². The number of hydrogen-bond acceptors (Lipinski definition) is 4. The average Bonchev–Trinajstić information content (AvgIpc) is 2.79. The van der Waals surface area contributed by atoms with E-state index in [1.54, 1.807) is 6.07 Å². The molecule has 2 heterocycles. The fourth-order valence-corrected chi connectivity index (χ4v) is 2.33. The molecule has 0 aliphatic carbocycles. The number of hydrogen-bond donors (Lipinski definition) is 2. The standard InChI is InChI=1S/C14H15N3O3/c18-13-11(7-3-4-8-15-13)20-14(19)12-9-5-1-2-6-10(9)16-17-12/h1-2,5-6,11H,3-4,7-8H2,(H,15,18)(H,16,17)/t11-/m0/s1. The number of H-pyrrole nitrogens is 1. The number of esters is 1. The van der Waals surface area contributed by atoms with Crippen molar-refractivity contribution >= 4 is 22.8 Å². The molecule has 0 unspecified atom stereocenters. The number of carbonyl (C=O) groups is 2. The number of aromatic nitrogens is 2. The Bertz CT molecular complexity index is 650. The van der Waals surface area contributed by atoms with Gasteiger partial charge in [0, 0.05) is 11.9 Å². The van der Waals surface area contributed by atoms with E-state index in [0.717, 1.165) is 18.4 Å². The first-order chi connectivity index (χ1) is 9.75. The van der Waals surface area contributed by atoms with Crippen LogP contribution in [0.2, 0.25) is 0 Å². The number of carbonyl (C=O) groups excluding carboxylic acids is 2. The van der Waals surface area contributed by atoms with Gasteiger partial charge in [0.2, 0.25) is 0 Å². The van der Waals surface area contributed by atoms with Gasteiger partial charge in [0.25, 0.3) is 5.91 Å². The van der Waals surface area contributed by atoms with Gasteiger partial charge in [-0.15, -0.1) is 0 Å². The topological polar surface area (TPSA) is 84.1 Å². The van der Waals surface area contributed by atoms with Crippen molar-refractivity contribution in [1.82, 2.24) is 15.5 Å². The molecule has 6 heteroatoms. The number of nitrogens with one attached hydrogen (secondary N) is 2. The van der Waals surface area contributed by atoms with Gasteiger partial charge in [-0.05, 0) is 25.3 Å². The summed E-state index contributed by atoms with van der Waals surface area (Å²) >= 11 is 0. The van der Waals surface area contributed by atoms with E-state index in [1.165, 1.54) is 0 Å². The highest BCUT2D eigenvalue weighted by atomic mass is 16.5. The Balaban J connectivity index is 1.80. The lowest BCUT2D eigenvalue weighted by Gasteiger charge is -2.13.